The molecule has 0 unspecified atom stereocenters. The minimum atomic E-state index is 0.726. The molecule has 0 aliphatic heterocycles. The fourth-order valence-corrected chi connectivity index (χ4v) is 1.97. The molecule has 0 radical (unpaired) electrons. The van der Waals surface area contributed by atoms with E-state index >= 15 is 0 Å². The fraction of sp³-hybridized carbons (Fsp3) is 0. The van der Waals surface area contributed by atoms with Gasteiger partial charge < -0.3 is 4.42 Å². The van der Waals surface area contributed by atoms with Gasteiger partial charge in [-0.3, -0.25) is 4.40 Å². The van der Waals surface area contributed by atoms with Crippen molar-refractivity contribution in [3.63, 3.8) is 0 Å². The van der Waals surface area contributed by atoms with Crippen molar-refractivity contribution in [1.82, 2.24) is 14.4 Å². The number of imidazole rings is 1. The summed E-state index contributed by atoms with van der Waals surface area (Å²) in [6.45, 7) is 0. The number of fused-ring (bicyclic) bond motifs is 1. The summed E-state index contributed by atoms with van der Waals surface area (Å²) >= 11 is 3.40. The highest BCUT2D eigenvalue weighted by molar-refractivity contribution is 9.10. The molecule has 4 nitrogen and oxygen atoms in total. The largest absolute Gasteiger partial charge is 0.461 e. The first-order valence-corrected chi connectivity index (χ1v) is 5.17. The molecule has 0 bridgehead atoms. The number of aromatic nitrogens is 3. The van der Waals surface area contributed by atoms with Crippen LogP contribution in [0, 0.1) is 0 Å². The summed E-state index contributed by atoms with van der Waals surface area (Å²) < 4.78 is 7.98. The minimum absolute atomic E-state index is 0.726. The molecule has 0 fully saturated rings. The van der Waals surface area contributed by atoms with Gasteiger partial charge in [-0.25, -0.2) is 9.97 Å². The van der Waals surface area contributed by atoms with Crippen molar-refractivity contribution < 1.29 is 4.42 Å². The zero-order valence-corrected chi connectivity index (χ0v) is 9.18. The highest BCUT2D eigenvalue weighted by Gasteiger charge is 2.12. The van der Waals surface area contributed by atoms with E-state index in [4.69, 9.17) is 4.42 Å². The van der Waals surface area contributed by atoms with Gasteiger partial charge in [0.2, 0.25) is 0 Å². The Kier molecular flexibility index (Phi) is 1.85. The van der Waals surface area contributed by atoms with E-state index in [1.54, 1.807) is 18.8 Å². The Morgan fingerprint density at radius 1 is 1.33 bits per heavy atom. The van der Waals surface area contributed by atoms with Gasteiger partial charge in [0.25, 0.3) is 0 Å². The number of hydrogen-bond donors (Lipinski definition) is 0. The van der Waals surface area contributed by atoms with Gasteiger partial charge in [0.1, 0.15) is 10.9 Å². The van der Waals surface area contributed by atoms with Crippen molar-refractivity contribution in [3.05, 3.63) is 41.6 Å². The van der Waals surface area contributed by atoms with E-state index in [2.05, 4.69) is 25.9 Å². The van der Waals surface area contributed by atoms with Gasteiger partial charge in [-0.1, -0.05) is 0 Å². The predicted molar refractivity (Wildman–Crippen MR) is 58.4 cm³/mol. The molecule has 74 valence electrons. The number of halogens is 1. The van der Waals surface area contributed by atoms with Crippen molar-refractivity contribution in [3.8, 4) is 11.6 Å². The Balaban J connectivity index is 2.37. The van der Waals surface area contributed by atoms with Crippen LogP contribution >= 0.6 is 15.9 Å². The van der Waals surface area contributed by atoms with E-state index in [0.29, 0.717) is 0 Å². The Morgan fingerprint density at radius 2 is 2.27 bits per heavy atom. The first-order chi connectivity index (χ1) is 7.36. The van der Waals surface area contributed by atoms with Crippen molar-refractivity contribution in [2.75, 3.05) is 0 Å². The highest BCUT2D eigenvalue weighted by Crippen LogP contribution is 2.25. The van der Waals surface area contributed by atoms with Crippen molar-refractivity contribution in [2.24, 2.45) is 0 Å². The van der Waals surface area contributed by atoms with Crippen LogP contribution in [-0.2, 0) is 0 Å². The maximum atomic E-state index is 5.31. The van der Waals surface area contributed by atoms with Gasteiger partial charge >= 0.3 is 0 Å². The zero-order valence-electron chi connectivity index (χ0n) is 7.59. The number of rotatable bonds is 1. The first-order valence-electron chi connectivity index (χ1n) is 4.38. The van der Waals surface area contributed by atoms with Crippen LogP contribution in [0.25, 0.3) is 17.1 Å². The molecule has 3 aromatic heterocycles. The standard InChI is InChI=1S/C10H6BrN3O/c11-9-7-3-4-12-6-14(7)10(13-9)8-2-1-5-15-8/h1-6H. The topological polar surface area (TPSA) is 43.3 Å². The first kappa shape index (κ1) is 8.67. The lowest BCUT2D eigenvalue weighted by Gasteiger charge is -1.95. The van der Waals surface area contributed by atoms with Crippen LogP contribution in [0.1, 0.15) is 0 Å². The van der Waals surface area contributed by atoms with Crippen molar-refractivity contribution in [2.45, 2.75) is 0 Å². The summed E-state index contributed by atoms with van der Waals surface area (Å²) in [5.74, 6) is 1.47. The fourth-order valence-electron chi connectivity index (χ4n) is 1.48. The number of hydrogen-bond acceptors (Lipinski definition) is 3. The third kappa shape index (κ3) is 1.27. The van der Waals surface area contributed by atoms with Crippen LogP contribution in [0.3, 0.4) is 0 Å². The van der Waals surface area contributed by atoms with Gasteiger partial charge in [-0.15, -0.1) is 0 Å². The van der Waals surface area contributed by atoms with E-state index in [0.717, 1.165) is 21.7 Å². The lowest BCUT2D eigenvalue weighted by Crippen LogP contribution is -1.88. The van der Waals surface area contributed by atoms with Gasteiger partial charge in [0.15, 0.2) is 11.6 Å². The van der Waals surface area contributed by atoms with E-state index < -0.39 is 0 Å². The maximum Gasteiger partial charge on any atom is 0.183 e. The average molecular weight is 264 g/mol. The quantitative estimate of drug-likeness (QED) is 0.678. The van der Waals surface area contributed by atoms with E-state index in [9.17, 15) is 0 Å². The third-order valence-electron chi connectivity index (χ3n) is 2.15. The smallest absolute Gasteiger partial charge is 0.183 e. The molecule has 0 N–H and O–H groups in total. The van der Waals surface area contributed by atoms with Crippen molar-refractivity contribution in [1.29, 1.82) is 0 Å². The molecule has 0 spiro atoms. The van der Waals surface area contributed by atoms with Crippen LogP contribution in [0.15, 0.2) is 46.0 Å². The van der Waals surface area contributed by atoms with Crippen LogP contribution < -0.4 is 0 Å². The molecular formula is C10H6BrN3O. The molecule has 3 rings (SSSR count). The van der Waals surface area contributed by atoms with E-state index in [1.165, 1.54) is 0 Å². The summed E-state index contributed by atoms with van der Waals surface area (Å²) in [7, 11) is 0. The van der Waals surface area contributed by atoms with E-state index in [-0.39, 0.29) is 0 Å². The summed E-state index contributed by atoms with van der Waals surface area (Å²) in [6, 6.07) is 5.60. The van der Waals surface area contributed by atoms with Gasteiger partial charge in [-0.2, -0.15) is 0 Å². The van der Waals surface area contributed by atoms with Gasteiger partial charge in [-0.05, 0) is 34.1 Å². The average Bonchev–Trinajstić information content (AvgIpc) is 2.87. The Bertz CT molecular complexity index is 600. The van der Waals surface area contributed by atoms with Crippen molar-refractivity contribution >= 4 is 21.4 Å². The molecule has 0 saturated carbocycles. The lowest BCUT2D eigenvalue weighted by atomic mass is 10.4. The Labute approximate surface area is 93.7 Å². The molecule has 0 aliphatic carbocycles. The molecule has 0 aliphatic rings. The second-order valence-corrected chi connectivity index (χ2v) is 3.79. The third-order valence-corrected chi connectivity index (χ3v) is 2.73. The van der Waals surface area contributed by atoms with Gasteiger partial charge in [0.05, 0.1) is 11.8 Å². The van der Waals surface area contributed by atoms with Gasteiger partial charge in [0, 0.05) is 6.20 Å². The van der Waals surface area contributed by atoms with Crippen LogP contribution in [0.2, 0.25) is 0 Å². The Hall–Kier alpha value is -1.62. The molecule has 3 heterocycles. The summed E-state index contributed by atoms with van der Waals surface area (Å²) in [4.78, 5) is 8.44. The summed E-state index contributed by atoms with van der Waals surface area (Å²) in [5, 5.41) is 0. The van der Waals surface area contributed by atoms with E-state index in [1.807, 2.05) is 22.6 Å². The second kappa shape index (κ2) is 3.20. The molecule has 0 amide bonds. The second-order valence-electron chi connectivity index (χ2n) is 3.04. The Morgan fingerprint density at radius 3 is 3.07 bits per heavy atom. The molecular weight excluding hydrogens is 258 g/mol. The molecule has 3 aromatic rings. The minimum Gasteiger partial charge on any atom is -0.461 e. The van der Waals surface area contributed by atoms with Crippen LogP contribution in [0.5, 0.6) is 0 Å². The maximum absolute atomic E-state index is 5.31. The number of nitrogens with zero attached hydrogens (tertiary/aromatic N) is 3. The summed E-state index contributed by atoms with van der Waals surface area (Å²) in [5.41, 5.74) is 0.969. The molecule has 0 aromatic carbocycles. The summed E-state index contributed by atoms with van der Waals surface area (Å²) in [6.07, 6.45) is 5.07. The monoisotopic (exact) mass is 263 g/mol. The molecule has 0 atom stereocenters. The molecule has 15 heavy (non-hydrogen) atoms. The molecule has 5 heteroatoms. The number of furan rings is 1. The highest BCUT2D eigenvalue weighted by atomic mass is 79.9. The van der Waals surface area contributed by atoms with Crippen LogP contribution in [0.4, 0.5) is 0 Å². The normalized spacial score (nSPS) is 11.0. The van der Waals surface area contributed by atoms with Crippen LogP contribution in [-0.4, -0.2) is 14.4 Å². The predicted octanol–water partition coefficient (Wildman–Crippen LogP) is 2.75. The lowest BCUT2D eigenvalue weighted by molar-refractivity contribution is 0.576. The zero-order chi connectivity index (χ0) is 10.3. The SMILES string of the molecule is Brc1nc(-c2ccco2)n2cnccc12. The molecule has 0 saturated heterocycles.